The van der Waals surface area contributed by atoms with Gasteiger partial charge in [0.1, 0.15) is 0 Å². The Morgan fingerprint density at radius 3 is 2.84 bits per heavy atom. The molecule has 1 aromatic rings. The van der Waals surface area contributed by atoms with Gasteiger partial charge in [-0.2, -0.15) is 0 Å². The number of benzene rings is 1. The van der Waals surface area contributed by atoms with Gasteiger partial charge >= 0.3 is 0 Å². The maximum absolute atomic E-state index is 12.0. The zero-order valence-corrected chi connectivity index (χ0v) is 11.7. The number of amides is 1. The van der Waals surface area contributed by atoms with Crippen LogP contribution < -0.4 is 5.32 Å². The van der Waals surface area contributed by atoms with Crippen molar-refractivity contribution in [2.24, 2.45) is 11.3 Å². The second-order valence-corrected chi connectivity index (χ2v) is 6.32. The van der Waals surface area contributed by atoms with Crippen molar-refractivity contribution in [1.82, 2.24) is 5.32 Å². The molecule has 1 N–H and O–H groups in total. The summed E-state index contributed by atoms with van der Waals surface area (Å²) < 4.78 is 0. The minimum Gasteiger partial charge on any atom is -0.349 e. The largest absolute Gasteiger partial charge is 0.349 e. The van der Waals surface area contributed by atoms with Gasteiger partial charge in [-0.15, -0.1) is 0 Å². The van der Waals surface area contributed by atoms with Gasteiger partial charge in [0.05, 0.1) is 6.04 Å². The molecular formula is C17H23NO. The Kier molecular flexibility index (Phi) is 3.34. The average molecular weight is 257 g/mol. The van der Waals surface area contributed by atoms with Gasteiger partial charge in [0.2, 0.25) is 5.91 Å². The number of rotatable bonds is 2. The van der Waals surface area contributed by atoms with E-state index in [1.165, 1.54) is 37.7 Å². The topological polar surface area (TPSA) is 29.1 Å². The summed E-state index contributed by atoms with van der Waals surface area (Å²) in [5, 5.41) is 3.24. The molecule has 0 radical (unpaired) electrons. The van der Waals surface area contributed by atoms with Crippen LogP contribution in [-0.2, 0) is 4.79 Å². The Morgan fingerprint density at radius 1 is 1.32 bits per heavy atom. The standard InChI is InChI=1S/C17H23NO/c1-2-13-7-6-10-17(11-13)12-15(19)18-16(17)14-8-4-3-5-9-14/h3-5,8-9,13,16H,2,6-7,10-12H2,1H3,(H,18,19). The SMILES string of the molecule is CCC1CCCC2(CC(=O)NC2c2ccccc2)C1. The third-order valence-electron chi connectivity index (χ3n) is 5.12. The summed E-state index contributed by atoms with van der Waals surface area (Å²) in [7, 11) is 0. The van der Waals surface area contributed by atoms with Gasteiger partial charge in [-0.05, 0) is 24.3 Å². The van der Waals surface area contributed by atoms with Crippen LogP contribution in [0.25, 0.3) is 0 Å². The predicted octanol–water partition coefficient (Wildman–Crippen LogP) is 3.83. The summed E-state index contributed by atoms with van der Waals surface area (Å²) in [6.45, 7) is 2.28. The van der Waals surface area contributed by atoms with E-state index >= 15 is 0 Å². The molecule has 3 unspecified atom stereocenters. The second kappa shape index (κ2) is 4.99. The van der Waals surface area contributed by atoms with Gasteiger partial charge in [0.15, 0.2) is 0 Å². The molecule has 1 saturated heterocycles. The number of hydrogen-bond acceptors (Lipinski definition) is 1. The van der Waals surface area contributed by atoms with Gasteiger partial charge < -0.3 is 5.32 Å². The monoisotopic (exact) mass is 257 g/mol. The van der Waals surface area contributed by atoms with Gasteiger partial charge in [-0.1, -0.05) is 56.5 Å². The summed E-state index contributed by atoms with van der Waals surface area (Å²) in [6, 6.07) is 10.8. The molecule has 0 bridgehead atoms. The van der Waals surface area contributed by atoms with E-state index in [-0.39, 0.29) is 17.4 Å². The maximum atomic E-state index is 12.0. The second-order valence-electron chi connectivity index (χ2n) is 6.32. The number of nitrogens with one attached hydrogen (secondary N) is 1. The van der Waals surface area contributed by atoms with Gasteiger partial charge in [0.25, 0.3) is 0 Å². The molecule has 1 spiro atoms. The molecule has 1 aliphatic heterocycles. The van der Waals surface area contributed by atoms with Crippen molar-refractivity contribution in [2.75, 3.05) is 0 Å². The molecule has 2 fully saturated rings. The third-order valence-corrected chi connectivity index (χ3v) is 5.12. The van der Waals surface area contributed by atoms with Crippen LogP contribution in [0.15, 0.2) is 30.3 Å². The van der Waals surface area contributed by atoms with Gasteiger partial charge in [0, 0.05) is 11.8 Å². The van der Waals surface area contributed by atoms with E-state index in [4.69, 9.17) is 0 Å². The molecule has 2 nitrogen and oxygen atoms in total. The number of hydrogen-bond donors (Lipinski definition) is 1. The van der Waals surface area contributed by atoms with Gasteiger partial charge in [-0.25, -0.2) is 0 Å². The van der Waals surface area contributed by atoms with Crippen molar-refractivity contribution in [3.8, 4) is 0 Å². The first-order valence-corrected chi connectivity index (χ1v) is 7.58. The molecule has 2 heteroatoms. The molecule has 0 aromatic heterocycles. The highest BCUT2D eigenvalue weighted by Gasteiger charge is 2.49. The van der Waals surface area contributed by atoms with Gasteiger partial charge in [-0.3, -0.25) is 4.79 Å². The molecule has 1 aliphatic carbocycles. The van der Waals surface area contributed by atoms with Crippen LogP contribution in [-0.4, -0.2) is 5.91 Å². The molecule has 19 heavy (non-hydrogen) atoms. The molecule has 1 amide bonds. The van der Waals surface area contributed by atoms with E-state index in [0.717, 1.165) is 12.3 Å². The maximum Gasteiger partial charge on any atom is 0.221 e. The van der Waals surface area contributed by atoms with E-state index < -0.39 is 0 Å². The van der Waals surface area contributed by atoms with E-state index in [1.54, 1.807) is 0 Å². The summed E-state index contributed by atoms with van der Waals surface area (Å²) in [4.78, 5) is 12.0. The Bertz CT molecular complexity index is 456. The fraction of sp³-hybridized carbons (Fsp3) is 0.588. The summed E-state index contributed by atoms with van der Waals surface area (Å²) >= 11 is 0. The average Bonchev–Trinajstić information content (AvgIpc) is 2.76. The van der Waals surface area contributed by atoms with Crippen molar-refractivity contribution < 1.29 is 4.79 Å². The smallest absolute Gasteiger partial charge is 0.221 e. The molecule has 3 rings (SSSR count). The highest BCUT2D eigenvalue weighted by atomic mass is 16.2. The van der Waals surface area contributed by atoms with Crippen LogP contribution in [0, 0.1) is 11.3 Å². The molecule has 1 saturated carbocycles. The van der Waals surface area contributed by atoms with Crippen molar-refractivity contribution in [3.05, 3.63) is 35.9 Å². The molecular weight excluding hydrogens is 234 g/mol. The van der Waals surface area contributed by atoms with Crippen LogP contribution >= 0.6 is 0 Å². The van der Waals surface area contributed by atoms with Crippen molar-refractivity contribution >= 4 is 5.91 Å². The Hall–Kier alpha value is -1.31. The van der Waals surface area contributed by atoms with Crippen LogP contribution in [0.4, 0.5) is 0 Å². The lowest BCUT2D eigenvalue weighted by Crippen LogP contribution is -2.34. The predicted molar refractivity (Wildman–Crippen MR) is 76.6 cm³/mol. The van der Waals surface area contributed by atoms with Crippen molar-refractivity contribution in [2.45, 2.75) is 51.5 Å². The Labute approximate surface area is 115 Å². The van der Waals surface area contributed by atoms with E-state index in [1.807, 2.05) is 6.07 Å². The minimum atomic E-state index is 0.178. The molecule has 3 atom stereocenters. The van der Waals surface area contributed by atoms with Crippen molar-refractivity contribution in [1.29, 1.82) is 0 Å². The Morgan fingerprint density at radius 2 is 2.11 bits per heavy atom. The first-order chi connectivity index (χ1) is 9.23. The zero-order chi connectivity index (χ0) is 13.3. The van der Waals surface area contributed by atoms with Crippen LogP contribution in [0.2, 0.25) is 0 Å². The van der Waals surface area contributed by atoms with E-state index in [9.17, 15) is 4.79 Å². The molecule has 1 heterocycles. The number of carbonyl (C=O) groups excluding carboxylic acids is 1. The summed E-state index contributed by atoms with van der Waals surface area (Å²) in [6.07, 6.45) is 6.99. The van der Waals surface area contributed by atoms with Crippen LogP contribution in [0.1, 0.15) is 57.1 Å². The lowest BCUT2D eigenvalue weighted by molar-refractivity contribution is -0.120. The lowest BCUT2D eigenvalue weighted by atomic mass is 9.63. The van der Waals surface area contributed by atoms with Crippen LogP contribution in [0.5, 0.6) is 0 Å². The Balaban J connectivity index is 1.91. The zero-order valence-electron chi connectivity index (χ0n) is 11.7. The highest BCUT2D eigenvalue weighted by molar-refractivity contribution is 5.80. The van der Waals surface area contributed by atoms with E-state index in [2.05, 4.69) is 36.5 Å². The van der Waals surface area contributed by atoms with Crippen molar-refractivity contribution in [3.63, 3.8) is 0 Å². The molecule has 2 aliphatic rings. The normalized spacial score (nSPS) is 34.5. The first-order valence-electron chi connectivity index (χ1n) is 7.58. The minimum absolute atomic E-state index is 0.178. The third kappa shape index (κ3) is 2.29. The fourth-order valence-electron chi connectivity index (χ4n) is 4.16. The first kappa shape index (κ1) is 12.7. The molecule has 1 aromatic carbocycles. The summed E-state index contributed by atoms with van der Waals surface area (Å²) in [5.41, 5.74) is 1.46. The quantitative estimate of drug-likeness (QED) is 0.857. The highest BCUT2D eigenvalue weighted by Crippen LogP contribution is 2.53. The molecule has 102 valence electrons. The number of carbonyl (C=O) groups is 1. The summed E-state index contributed by atoms with van der Waals surface area (Å²) in [5.74, 6) is 1.04. The van der Waals surface area contributed by atoms with E-state index in [0.29, 0.717) is 0 Å². The lowest BCUT2D eigenvalue weighted by Gasteiger charge is -2.41. The van der Waals surface area contributed by atoms with Crippen LogP contribution in [0.3, 0.4) is 0 Å². The fourth-order valence-corrected chi connectivity index (χ4v) is 4.16.